The van der Waals surface area contributed by atoms with Crippen LogP contribution in [0.5, 0.6) is 0 Å². The van der Waals surface area contributed by atoms with Crippen LogP contribution in [0.25, 0.3) is 0 Å². The van der Waals surface area contributed by atoms with E-state index in [0.717, 1.165) is 25.7 Å². The maximum absolute atomic E-state index is 5.46. The Morgan fingerprint density at radius 2 is 1.93 bits per heavy atom. The average Bonchev–Trinajstić information content (AvgIpc) is 2.31. The van der Waals surface area contributed by atoms with Crippen LogP contribution in [0.3, 0.4) is 0 Å². The van der Waals surface area contributed by atoms with Crippen molar-refractivity contribution in [1.82, 2.24) is 5.32 Å². The van der Waals surface area contributed by atoms with Crippen LogP contribution in [0, 0.1) is 0 Å². The zero-order valence-corrected chi connectivity index (χ0v) is 9.71. The van der Waals surface area contributed by atoms with Crippen LogP contribution in [-0.2, 0) is 9.47 Å². The molecule has 1 heterocycles. The van der Waals surface area contributed by atoms with Gasteiger partial charge >= 0.3 is 0 Å². The molecule has 1 saturated carbocycles. The summed E-state index contributed by atoms with van der Waals surface area (Å²) >= 11 is 0. The van der Waals surface area contributed by atoms with Crippen LogP contribution in [0.1, 0.15) is 38.5 Å². The second-order valence-corrected chi connectivity index (χ2v) is 4.75. The number of hydrogen-bond donors (Lipinski definition) is 1. The molecular weight excluding hydrogens is 190 g/mol. The van der Waals surface area contributed by atoms with Crippen LogP contribution in [-0.4, -0.2) is 38.5 Å². The molecule has 0 aromatic heterocycles. The lowest BCUT2D eigenvalue weighted by Crippen LogP contribution is -2.51. The highest BCUT2D eigenvalue weighted by Crippen LogP contribution is 2.20. The zero-order valence-electron chi connectivity index (χ0n) is 9.71. The van der Waals surface area contributed by atoms with E-state index >= 15 is 0 Å². The summed E-state index contributed by atoms with van der Waals surface area (Å²) in [6, 6.07) is 1.23. The maximum atomic E-state index is 5.46. The van der Waals surface area contributed by atoms with E-state index in [-0.39, 0.29) is 6.10 Å². The predicted octanol–water partition coefficient (Wildman–Crippen LogP) is 1.71. The van der Waals surface area contributed by atoms with Crippen molar-refractivity contribution in [2.24, 2.45) is 0 Å². The first-order valence-electron chi connectivity index (χ1n) is 6.26. The minimum atomic E-state index is 0.251. The van der Waals surface area contributed by atoms with Crippen molar-refractivity contribution in [3.63, 3.8) is 0 Å². The lowest BCUT2D eigenvalue weighted by atomic mass is 9.93. The van der Waals surface area contributed by atoms with E-state index in [1.807, 2.05) is 0 Å². The molecule has 1 aliphatic heterocycles. The van der Waals surface area contributed by atoms with Crippen molar-refractivity contribution >= 4 is 0 Å². The van der Waals surface area contributed by atoms with Gasteiger partial charge in [0.2, 0.25) is 0 Å². The first-order valence-corrected chi connectivity index (χ1v) is 6.26. The molecule has 88 valence electrons. The topological polar surface area (TPSA) is 30.5 Å². The summed E-state index contributed by atoms with van der Waals surface area (Å²) < 4.78 is 10.9. The van der Waals surface area contributed by atoms with Gasteiger partial charge in [0.15, 0.2) is 0 Å². The van der Waals surface area contributed by atoms with Crippen molar-refractivity contribution in [3.8, 4) is 0 Å². The van der Waals surface area contributed by atoms with Gasteiger partial charge in [-0.15, -0.1) is 0 Å². The van der Waals surface area contributed by atoms with Crippen molar-refractivity contribution in [3.05, 3.63) is 0 Å². The van der Waals surface area contributed by atoms with Gasteiger partial charge in [0.1, 0.15) is 0 Å². The molecule has 0 bridgehead atoms. The van der Waals surface area contributed by atoms with Crippen molar-refractivity contribution in [2.45, 2.75) is 56.7 Å². The molecule has 15 heavy (non-hydrogen) atoms. The fraction of sp³-hybridized carbons (Fsp3) is 1.00. The quantitative estimate of drug-likeness (QED) is 0.774. The summed E-state index contributed by atoms with van der Waals surface area (Å²) in [5, 5.41) is 3.75. The summed E-state index contributed by atoms with van der Waals surface area (Å²) in [7, 11) is 1.79. The van der Waals surface area contributed by atoms with Gasteiger partial charge < -0.3 is 14.8 Å². The Kier molecular flexibility index (Phi) is 4.42. The summed E-state index contributed by atoms with van der Waals surface area (Å²) in [5.74, 6) is 0. The Morgan fingerprint density at radius 1 is 1.13 bits per heavy atom. The molecule has 2 unspecified atom stereocenters. The normalized spacial score (nSPS) is 34.2. The maximum Gasteiger partial charge on any atom is 0.0958 e. The first kappa shape index (κ1) is 11.4. The van der Waals surface area contributed by atoms with E-state index in [4.69, 9.17) is 9.47 Å². The average molecular weight is 213 g/mol. The Hall–Kier alpha value is -0.120. The van der Waals surface area contributed by atoms with E-state index in [1.54, 1.807) is 7.11 Å². The molecule has 0 aromatic rings. The molecule has 1 N–H and O–H groups in total. The number of hydrogen-bond acceptors (Lipinski definition) is 3. The molecular formula is C12H23NO2. The Morgan fingerprint density at radius 3 is 2.67 bits per heavy atom. The van der Waals surface area contributed by atoms with Crippen LogP contribution in [0.2, 0.25) is 0 Å². The van der Waals surface area contributed by atoms with Gasteiger partial charge in [0, 0.05) is 25.8 Å². The molecule has 2 fully saturated rings. The molecule has 3 nitrogen and oxygen atoms in total. The number of methoxy groups -OCH3 is 1. The highest BCUT2D eigenvalue weighted by atomic mass is 16.5. The van der Waals surface area contributed by atoms with Gasteiger partial charge in [0.05, 0.1) is 12.7 Å². The van der Waals surface area contributed by atoms with Crippen molar-refractivity contribution in [2.75, 3.05) is 20.3 Å². The molecule has 0 spiro atoms. The van der Waals surface area contributed by atoms with Gasteiger partial charge in [-0.2, -0.15) is 0 Å². The van der Waals surface area contributed by atoms with E-state index in [0.29, 0.717) is 6.04 Å². The molecule has 3 heteroatoms. The Labute approximate surface area is 92.5 Å². The highest BCUT2D eigenvalue weighted by molar-refractivity contribution is 4.84. The van der Waals surface area contributed by atoms with Crippen molar-refractivity contribution in [1.29, 1.82) is 0 Å². The fourth-order valence-corrected chi connectivity index (χ4v) is 2.71. The smallest absolute Gasteiger partial charge is 0.0958 e. The number of ether oxygens (including phenoxy) is 2. The number of nitrogens with one attached hydrogen (secondary N) is 1. The first-order chi connectivity index (χ1) is 7.40. The SMILES string of the molecule is COC1COCCC1NC1CCCCC1. The monoisotopic (exact) mass is 213 g/mol. The van der Waals surface area contributed by atoms with E-state index in [9.17, 15) is 0 Å². The minimum Gasteiger partial charge on any atom is -0.379 e. The Balaban J connectivity index is 1.79. The lowest BCUT2D eigenvalue weighted by molar-refractivity contribution is -0.0529. The van der Waals surface area contributed by atoms with Crippen LogP contribution in [0.4, 0.5) is 0 Å². The molecule has 2 rings (SSSR count). The summed E-state index contributed by atoms with van der Waals surface area (Å²) in [4.78, 5) is 0. The molecule has 0 radical (unpaired) electrons. The largest absolute Gasteiger partial charge is 0.379 e. The van der Waals surface area contributed by atoms with Crippen molar-refractivity contribution < 1.29 is 9.47 Å². The number of rotatable bonds is 3. The standard InChI is InChI=1S/C12H23NO2/c1-14-12-9-15-8-7-11(12)13-10-5-3-2-4-6-10/h10-13H,2-9H2,1H3. The molecule has 1 saturated heterocycles. The predicted molar refractivity (Wildman–Crippen MR) is 60.0 cm³/mol. The van der Waals surface area contributed by atoms with Gasteiger partial charge in [-0.25, -0.2) is 0 Å². The van der Waals surface area contributed by atoms with Crippen LogP contribution < -0.4 is 5.32 Å². The highest BCUT2D eigenvalue weighted by Gasteiger charge is 2.27. The van der Waals surface area contributed by atoms with Gasteiger partial charge in [-0.3, -0.25) is 0 Å². The zero-order chi connectivity index (χ0) is 10.5. The summed E-state index contributed by atoms with van der Waals surface area (Å²) in [6.45, 7) is 1.63. The van der Waals surface area contributed by atoms with Gasteiger partial charge in [0.25, 0.3) is 0 Å². The van der Waals surface area contributed by atoms with E-state index < -0.39 is 0 Å². The second-order valence-electron chi connectivity index (χ2n) is 4.75. The second kappa shape index (κ2) is 5.83. The van der Waals surface area contributed by atoms with Crippen LogP contribution >= 0.6 is 0 Å². The van der Waals surface area contributed by atoms with E-state index in [1.165, 1.54) is 32.1 Å². The molecule has 1 aliphatic carbocycles. The fourth-order valence-electron chi connectivity index (χ4n) is 2.71. The third kappa shape index (κ3) is 3.16. The summed E-state index contributed by atoms with van der Waals surface area (Å²) in [6.07, 6.45) is 8.22. The minimum absolute atomic E-state index is 0.251. The third-order valence-corrected chi connectivity index (χ3v) is 3.66. The van der Waals surface area contributed by atoms with Crippen LogP contribution in [0.15, 0.2) is 0 Å². The molecule has 0 aromatic carbocycles. The van der Waals surface area contributed by atoms with Gasteiger partial charge in [-0.1, -0.05) is 19.3 Å². The third-order valence-electron chi connectivity index (χ3n) is 3.66. The lowest BCUT2D eigenvalue weighted by Gasteiger charge is -2.35. The molecule has 2 aliphatic rings. The van der Waals surface area contributed by atoms with Gasteiger partial charge in [-0.05, 0) is 19.3 Å². The van der Waals surface area contributed by atoms with E-state index in [2.05, 4.69) is 5.32 Å². The molecule has 0 amide bonds. The molecule has 2 atom stereocenters. The Bertz CT molecular complexity index is 180. The summed E-state index contributed by atoms with van der Waals surface area (Å²) in [5.41, 5.74) is 0.